The van der Waals surface area contributed by atoms with E-state index in [1.165, 1.54) is 64.8 Å². The minimum absolute atomic E-state index is 0.375. The summed E-state index contributed by atoms with van der Waals surface area (Å²) in [7, 11) is 0. The molecule has 0 spiro atoms. The Balaban J connectivity index is 1.59. The molecule has 0 aliphatic carbocycles. The summed E-state index contributed by atoms with van der Waals surface area (Å²) in [5.74, 6) is 1.84. The van der Waals surface area contributed by atoms with E-state index >= 15 is 0 Å². The standard InChI is InChI=1S/C19H38N2O/c1-16(2)18-6-13-21(14-7-18)19-8-11-20(12-9-19)10-5-15-22-17(3)4/h16-19H,5-15H2,1-4H3. The van der Waals surface area contributed by atoms with E-state index in [9.17, 15) is 0 Å². The Bertz CT molecular complexity index is 290. The van der Waals surface area contributed by atoms with E-state index in [4.69, 9.17) is 4.74 Å². The van der Waals surface area contributed by atoms with Crippen LogP contribution in [-0.4, -0.2) is 61.3 Å². The van der Waals surface area contributed by atoms with Crippen LogP contribution in [0.3, 0.4) is 0 Å². The number of rotatable bonds is 7. The molecule has 0 unspecified atom stereocenters. The van der Waals surface area contributed by atoms with E-state index in [0.29, 0.717) is 6.10 Å². The van der Waals surface area contributed by atoms with Crippen LogP contribution < -0.4 is 0 Å². The van der Waals surface area contributed by atoms with Gasteiger partial charge >= 0.3 is 0 Å². The summed E-state index contributed by atoms with van der Waals surface area (Å²) in [6.07, 6.45) is 7.14. The molecule has 130 valence electrons. The molecule has 22 heavy (non-hydrogen) atoms. The number of hydrogen-bond acceptors (Lipinski definition) is 3. The molecular weight excluding hydrogens is 272 g/mol. The molecule has 0 aromatic carbocycles. The summed E-state index contributed by atoms with van der Waals surface area (Å²) in [6, 6.07) is 0.858. The molecule has 0 radical (unpaired) electrons. The Hall–Kier alpha value is -0.120. The van der Waals surface area contributed by atoms with Gasteiger partial charge in [-0.1, -0.05) is 13.8 Å². The third kappa shape index (κ3) is 5.82. The van der Waals surface area contributed by atoms with Crippen molar-refractivity contribution in [2.45, 2.75) is 71.9 Å². The second kappa shape index (κ2) is 9.24. The van der Waals surface area contributed by atoms with E-state index < -0.39 is 0 Å². The number of nitrogens with zero attached hydrogens (tertiary/aromatic N) is 2. The van der Waals surface area contributed by atoms with Crippen molar-refractivity contribution in [1.29, 1.82) is 0 Å². The zero-order chi connectivity index (χ0) is 15.9. The Labute approximate surface area is 138 Å². The van der Waals surface area contributed by atoms with Gasteiger partial charge in [0.25, 0.3) is 0 Å². The molecular formula is C19H38N2O. The highest BCUT2D eigenvalue weighted by atomic mass is 16.5. The van der Waals surface area contributed by atoms with Crippen LogP contribution in [0.1, 0.15) is 59.8 Å². The van der Waals surface area contributed by atoms with Crippen molar-refractivity contribution in [3.63, 3.8) is 0 Å². The van der Waals surface area contributed by atoms with Gasteiger partial charge in [0.15, 0.2) is 0 Å². The Kier molecular flexibility index (Phi) is 7.66. The fourth-order valence-electron chi connectivity index (χ4n) is 4.07. The predicted octanol–water partition coefficient (Wildman–Crippen LogP) is 3.63. The minimum Gasteiger partial charge on any atom is -0.379 e. The van der Waals surface area contributed by atoms with Gasteiger partial charge in [-0.15, -0.1) is 0 Å². The lowest BCUT2D eigenvalue weighted by atomic mass is 9.85. The van der Waals surface area contributed by atoms with Crippen molar-refractivity contribution in [3.05, 3.63) is 0 Å². The van der Waals surface area contributed by atoms with Crippen LogP contribution in [0.15, 0.2) is 0 Å². The van der Waals surface area contributed by atoms with Crippen molar-refractivity contribution in [3.8, 4) is 0 Å². The van der Waals surface area contributed by atoms with Crippen LogP contribution in [0.4, 0.5) is 0 Å². The van der Waals surface area contributed by atoms with E-state index in [1.807, 2.05) is 0 Å². The maximum atomic E-state index is 5.64. The first-order chi connectivity index (χ1) is 10.6. The molecule has 2 saturated heterocycles. The lowest BCUT2D eigenvalue weighted by Gasteiger charge is -2.42. The third-order valence-corrected chi connectivity index (χ3v) is 5.66. The van der Waals surface area contributed by atoms with E-state index in [1.54, 1.807) is 0 Å². The van der Waals surface area contributed by atoms with Crippen LogP contribution in [0.5, 0.6) is 0 Å². The van der Waals surface area contributed by atoms with Gasteiger partial charge in [-0.2, -0.15) is 0 Å². The fourth-order valence-corrected chi connectivity index (χ4v) is 4.07. The molecule has 0 saturated carbocycles. The molecule has 0 N–H and O–H groups in total. The predicted molar refractivity (Wildman–Crippen MR) is 94.3 cm³/mol. The molecule has 2 rings (SSSR count). The summed E-state index contributed by atoms with van der Waals surface area (Å²) >= 11 is 0. The second-order valence-electron chi connectivity index (χ2n) is 7.96. The van der Waals surface area contributed by atoms with E-state index in [-0.39, 0.29) is 0 Å². The first kappa shape index (κ1) is 18.2. The molecule has 0 bridgehead atoms. The molecule has 2 heterocycles. The maximum absolute atomic E-state index is 5.64. The zero-order valence-electron chi connectivity index (χ0n) is 15.4. The summed E-state index contributed by atoms with van der Waals surface area (Å²) in [6.45, 7) is 16.4. The van der Waals surface area contributed by atoms with Crippen LogP contribution >= 0.6 is 0 Å². The highest BCUT2D eigenvalue weighted by Crippen LogP contribution is 2.27. The van der Waals surface area contributed by atoms with Gasteiger partial charge in [0.2, 0.25) is 0 Å². The van der Waals surface area contributed by atoms with Gasteiger partial charge < -0.3 is 14.5 Å². The lowest BCUT2D eigenvalue weighted by molar-refractivity contribution is 0.0531. The molecule has 0 atom stereocenters. The smallest absolute Gasteiger partial charge is 0.0518 e. The average molecular weight is 311 g/mol. The minimum atomic E-state index is 0.375. The van der Waals surface area contributed by atoms with Crippen molar-refractivity contribution >= 4 is 0 Å². The molecule has 0 aromatic rings. The quantitative estimate of drug-likeness (QED) is 0.668. The first-order valence-corrected chi connectivity index (χ1v) is 9.64. The van der Waals surface area contributed by atoms with Gasteiger partial charge in [-0.25, -0.2) is 0 Å². The molecule has 3 nitrogen and oxygen atoms in total. The summed E-state index contributed by atoms with van der Waals surface area (Å²) < 4.78 is 5.64. The molecule has 2 fully saturated rings. The Morgan fingerprint density at radius 1 is 0.909 bits per heavy atom. The van der Waals surface area contributed by atoms with Crippen molar-refractivity contribution in [2.75, 3.05) is 39.3 Å². The van der Waals surface area contributed by atoms with Gasteiger partial charge in [0, 0.05) is 19.2 Å². The SMILES string of the molecule is CC(C)OCCCN1CCC(N2CCC(C(C)C)CC2)CC1. The maximum Gasteiger partial charge on any atom is 0.0518 e. The molecule has 0 amide bonds. The average Bonchev–Trinajstić information content (AvgIpc) is 2.52. The number of likely N-dealkylation sites (tertiary alicyclic amines) is 2. The number of hydrogen-bond donors (Lipinski definition) is 0. The first-order valence-electron chi connectivity index (χ1n) is 9.64. The van der Waals surface area contributed by atoms with Crippen molar-refractivity contribution in [1.82, 2.24) is 9.80 Å². The third-order valence-electron chi connectivity index (χ3n) is 5.66. The second-order valence-corrected chi connectivity index (χ2v) is 7.96. The molecule has 0 aromatic heterocycles. The van der Waals surface area contributed by atoms with Crippen LogP contribution in [0, 0.1) is 11.8 Å². The van der Waals surface area contributed by atoms with Crippen molar-refractivity contribution < 1.29 is 4.74 Å². The van der Waals surface area contributed by atoms with E-state index in [2.05, 4.69) is 37.5 Å². The van der Waals surface area contributed by atoms with Crippen LogP contribution in [0.2, 0.25) is 0 Å². The van der Waals surface area contributed by atoms with Gasteiger partial charge in [0.1, 0.15) is 0 Å². The van der Waals surface area contributed by atoms with E-state index in [0.717, 1.165) is 24.5 Å². The molecule has 2 aliphatic heterocycles. The number of ether oxygens (including phenoxy) is 1. The monoisotopic (exact) mass is 310 g/mol. The highest BCUT2D eigenvalue weighted by molar-refractivity contribution is 4.83. The number of piperidine rings is 2. The van der Waals surface area contributed by atoms with Gasteiger partial charge in [-0.05, 0) is 84.0 Å². The normalized spacial score (nSPS) is 23.7. The molecule has 2 aliphatic rings. The largest absolute Gasteiger partial charge is 0.379 e. The van der Waals surface area contributed by atoms with Gasteiger partial charge in [-0.3, -0.25) is 0 Å². The highest BCUT2D eigenvalue weighted by Gasteiger charge is 2.28. The van der Waals surface area contributed by atoms with Crippen LogP contribution in [0.25, 0.3) is 0 Å². The Morgan fingerprint density at radius 2 is 1.55 bits per heavy atom. The summed E-state index contributed by atoms with van der Waals surface area (Å²) in [5, 5.41) is 0. The van der Waals surface area contributed by atoms with Gasteiger partial charge in [0.05, 0.1) is 6.10 Å². The Morgan fingerprint density at radius 3 is 2.09 bits per heavy atom. The van der Waals surface area contributed by atoms with Crippen molar-refractivity contribution in [2.24, 2.45) is 11.8 Å². The zero-order valence-corrected chi connectivity index (χ0v) is 15.4. The van der Waals surface area contributed by atoms with Crippen LogP contribution in [-0.2, 0) is 4.74 Å². The molecule has 3 heteroatoms. The lowest BCUT2D eigenvalue weighted by Crippen LogP contribution is -2.48. The summed E-state index contributed by atoms with van der Waals surface area (Å²) in [5.41, 5.74) is 0. The summed E-state index contributed by atoms with van der Waals surface area (Å²) in [4.78, 5) is 5.43. The topological polar surface area (TPSA) is 15.7 Å². The fraction of sp³-hybridized carbons (Fsp3) is 1.00.